The van der Waals surface area contributed by atoms with Crippen LogP contribution in [0.5, 0.6) is 5.88 Å². The maximum atomic E-state index is 9.82. The summed E-state index contributed by atoms with van der Waals surface area (Å²) in [6.07, 6.45) is 7.60. The molecule has 146 valence electrons. The van der Waals surface area contributed by atoms with Crippen LogP contribution in [0.15, 0.2) is 78.8 Å². The van der Waals surface area contributed by atoms with Crippen molar-refractivity contribution in [3.63, 3.8) is 0 Å². The molecule has 1 aliphatic rings. The molecule has 8 nitrogen and oxygen atoms in total. The average Bonchev–Trinajstić information content (AvgIpc) is 3.44. The van der Waals surface area contributed by atoms with Gasteiger partial charge in [-0.3, -0.25) is 4.98 Å². The number of nitrogens with one attached hydrogen (secondary N) is 1. The standard InChI is InChI=1S/C22H17N7O/c23-12-17-19(14-4-6-16(7-5-14)29-10-9-25-13-29)20-18(11-15-3-1-2-8-26-15)27-28-22(20)30-21(17)24/h1-10,13,19H,11,24H2,(H,27,28). The van der Waals surface area contributed by atoms with Crippen molar-refractivity contribution in [2.75, 3.05) is 0 Å². The number of hydrogen-bond donors (Lipinski definition) is 2. The molecular weight excluding hydrogens is 378 g/mol. The van der Waals surface area contributed by atoms with Crippen molar-refractivity contribution in [2.45, 2.75) is 12.3 Å². The number of imidazole rings is 1. The maximum absolute atomic E-state index is 9.82. The van der Waals surface area contributed by atoms with Crippen molar-refractivity contribution in [3.8, 4) is 17.6 Å². The van der Waals surface area contributed by atoms with Crippen LogP contribution < -0.4 is 10.5 Å². The molecular formula is C22H17N7O. The number of aromatic amines is 1. The van der Waals surface area contributed by atoms with Crippen molar-refractivity contribution >= 4 is 0 Å². The van der Waals surface area contributed by atoms with E-state index in [-0.39, 0.29) is 11.8 Å². The summed E-state index contributed by atoms with van der Waals surface area (Å²) < 4.78 is 7.59. The molecule has 8 heteroatoms. The lowest BCUT2D eigenvalue weighted by atomic mass is 9.83. The number of aromatic nitrogens is 5. The molecule has 3 aromatic heterocycles. The van der Waals surface area contributed by atoms with Crippen LogP contribution in [0.3, 0.4) is 0 Å². The van der Waals surface area contributed by atoms with E-state index in [1.807, 2.05) is 53.2 Å². The van der Waals surface area contributed by atoms with Crippen LogP contribution in [-0.4, -0.2) is 24.7 Å². The molecule has 4 aromatic rings. The monoisotopic (exact) mass is 395 g/mol. The summed E-state index contributed by atoms with van der Waals surface area (Å²) in [7, 11) is 0. The summed E-state index contributed by atoms with van der Waals surface area (Å²) in [6.45, 7) is 0. The van der Waals surface area contributed by atoms with Crippen LogP contribution in [0, 0.1) is 11.3 Å². The number of nitriles is 1. The van der Waals surface area contributed by atoms with Gasteiger partial charge in [0.15, 0.2) is 0 Å². The number of H-pyrrole nitrogens is 1. The number of rotatable bonds is 4. The Hall–Kier alpha value is -4.38. The van der Waals surface area contributed by atoms with E-state index < -0.39 is 0 Å². The molecule has 0 saturated heterocycles. The molecule has 0 radical (unpaired) electrons. The number of pyridine rings is 1. The Kier molecular flexibility index (Phi) is 4.26. The Bertz CT molecular complexity index is 1250. The van der Waals surface area contributed by atoms with Gasteiger partial charge in [0, 0.05) is 36.4 Å². The van der Waals surface area contributed by atoms with Gasteiger partial charge < -0.3 is 15.0 Å². The highest BCUT2D eigenvalue weighted by molar-refractivity contribution is 5.56. The van der Waals surface area contributed by atoms with Crippen LogP contribution in [0.2, 0.25) is 0 Å². The van der Waals surface area contributed by atoms with Gasteiger partial charge in [0.2, 0.25) is 11.8 Å². The third kappa shape index (κ3) is 2.99. The van der Waals surface area contributed by atoms with Gasteiger partial charge in [-0.05, 0) is 29.8 Å². The van der Waals surface area contributed by atoms with E-state index in [2.05, 4.69) is 26.2 Å². The molecule has 0 amide bonds. The van der Waals surface area contributed by atoms with E-state index in [0.29, 0.717) is 17.9 Å². The fourth-order valence-corrected chi connectivity index (χ4v) is 3.71. The Morgan fingerprint density at radius 2 is 2.03 bits per heavy atom. The average molecular weight is 395 g/mol. The minimum Gasteiger partial charge on any atom is -0.422 e. The van der Waals surface area contributed by atoms with Crippen molar-refractivity contribution in [1.29, 1.82) is 5.26 Å². The van der Waals surface area contributed by atoms with Gasteiger partial charge in [-0.1, -0.05) is 18.2 Å². The lowest BCUT2D eigenvalue weighted by Gasteiger charge is -2.24. The fourth-order valence-electron chi connectivity index (χ4n) is 3.71. The summed E-state index contributed by atoms with van der Waals surface area (Å²) >= 11 is 0. The predicted octanol–water partition coefficient (Wildman–Crippen LogP) is 2.80. The van der Waals surface area contributed by atoms with Gasteiger partial charge >= 0.3 is 0 Å². The first kappa shape index (κ1) is 17.7. The molecule has 0 spiro atoms. The Labute approximate surface area is 172 Å². The predicted molar refractivity (Wildman–Crippen MR) is 108 cm³/mol. The van der Waals surface area contributed by atoms with Gasteiger partial charge in [0.25, 0.3) is 0 Å². The summed E-state index contributed by atoms with van der Waals surface area (Å²) in [4.78, 5) is 8.47. The molecule has 30 heavy (non-hydrogen) atoms. The minimum atomic E-state index is -0.381. The molecule has 0 fully saturated rings. The number of ether oxygens (including phenoxy) is 1. The fraction of sp³-hybridized carbons (Fsp3) is 0.0909. The third-order valence-corrected chi connectivity index (χ3v) is 5.13. The second kappa shape index (κ2) is 7.22. The Balaban J connectivity index is 1.59. The molecule has 1 unspecified atom stereocenters. The zero-order valence-electron chi connectivity index (χ0n) is 15.9. The SMILES string of the molecule is N#CC1=C(N)Oc2[nH]nc(Cc3ccccn3)c2C1c1ccc(-n2ccnc2)cc1. The van der Waals surface area contributed by atoms with Gasteiger partial charge in [-0.25, -0.2) is 10.1 Å². The van der Waals surface area contributed by atoms with Crippen molar-refractivity contribution in [3.05, 3.63) is 101 Å². The smallest absolute Gasteiger partial charge is 0.221 e. The topological polar surface area (TPSA) is 118 Å². The molecule has 0 aliphatic carbocycles. The van der Waals surface area contributed by atoms with Crippen molar-refractivity contribution in [1.82, 2.24) is 24.7 Å². The van der Waals surface area contributed by atoms with Gasteiger partial charge in [0.1, 0.15) is 11.6 Å². The van der Waals surface area contributed by atoms with Gasteiger partial charge in [-0.15, -0.1) is 0 Å². The number of allylic oxidation sites excluding steroid dienone is 1. The number of hydrogen-bond acceptors (Lipinski definition) is 6. The summed E-state index contributed by atoms with van der Waals surface area (Å²) in [5.74, 6) is 0.163. The molecule has 4 heterocycles. The summed E-state index contributed by atoms with van der Waals surface area (Å²) in [5, 5.41) is 17.2. The lowest BCUT2D eigenvalue weighted by molar-refractivity contribution is 0.378. The minimum absolute atomic E-state index is 0.0849. The summed E-state index contributed by atoms with van der Waals surface area (Å²) in [5.41, 5.74) is 10.8. The largest absolute Gasteiger partial charge is 0.422 e. The molecule has 3 N–H and O–H groups in total. The summed E-state index contributed by atoms with van der Waals surface area (Å²) in [6, 6.07) is 15.9. The Morgan fingerprint density at radius 3 is 2.73 bits per heavy atom. The number of nitrogens with two attached hydrogens (primary N) is 1. The quantitative estimate of drug-likeness (QED) is 0.548. The highest BCUT2D eigenvalue weighted by Gasteiger charge is 2.35. The molecule has 5 rings (SSSR count). The molecule has 0 bridgehead atoms. The van der Waals surface area contributed by atoms with Crippen LogP contribution >= 0.6 is 0 Å². The molecule has 1 aliphatic heterocycles. The zero-order valence-corrected chi connectivity index (χ0v) is 15.9. The Morgan fingerprint density at radius 1 is 1.17 bits per heavy atom. The number of fused-ring (bicyclic) bond motifs is 1. The van der Waals surface area contributed by atoms with Crippen LogP contribution in [0.1, 0.15) is 28.4 Å². The van der Waals surface area contributed by atoms with Crippen LogP contribution in [0.4, 0.5) is 0 Å². The second-order valence-electron chi connectivity index (χ2n) is 6.90. The number of benzene rings is 1. The van der Waals surface area contributed by atoms with Crippen LogP contribution in [0.25, 0.3) is 5.69 Å². The van der Waals surface area contributed by atoms with Crippen LogP contribution in [-0.2, 0) is 6.42 Å². The molecule has 1 aromatic carbocycles. The van der Waals surface area contributed by atoms with E-state index >= 15 is 0 Å². The van der Waals surface area contributed by atoms with Gasteiger partial charge in [-0.2, -0.15) is 10.4 Å². The molecule has 1 atom stereocenters. The second-order valence-corrected chi connectivity index (χ2v) is 6.90. The highest BCUT2D eigenvalue weighted by Crippen LogP contribution is 2.43. The molecule has 0 saturated carbocycles. The van der Waals surface area contributed by atoms with E-state index in [1.165, 1.54) is 0 Å². The van der Waals surface area contributed by atoms with Crippen molar-refractivity contribution < 1.29 is 4.74 Å². The van der Waals surface area contributed by atoms with E-state index in [4.69, 9.17) is 10.5 Å². The normalized spacial score (nSPS) is 15.4. The van der Waals surface area contributed by atoms with E-state index in [1.54, 1.807) is 18.7 Å². The number of nitrogens with zero attached hydrogens (tertiary/aromatic N) is 5. The first-order valence-corrected chi connectivity index (χ1v) is 9.37. The first-order valence-electron chi connectivity index (χ1n) is 9.37. The maximum Gasteiger partial charge on any atom is 0.221 e. The lowest BCUT2D eigenvalue weighted by Crippen LogP contribution is -2.21. The zero-order chi connectivity index (χ0) is 20.5. The third-order valence-electron chi connectivity index (χ3n) is 5.13. The van der Waals surface area contributed by atoms with E-state index in [9.17, 15) is 5.26 Å². The first-order chi connectivity index (χ1) is 14.7. The highest BCUT2D eigenvalue weighted by atomic mass is 16.5. The van der Waals surface area contributed by atoms with E-state index in [0.717, 1.165) is 28.2 Å². The van der Waals surface area contributed by atoms with Crippen molar-refractivity contribution in [2.24, 2.45) is 5.73 Å². The van der Waals surface area contributed by atoms with Gasteiger partial charge in [0.05, 0.1) is 23.5 Å².